The van der Waals surface area contributed by atoms with Gasteiger partial charge >= 0.3 is 12.1 Å². The molecule has 1 fully saturated rings. The van der Waals surface area contributed by atoms with Crippen molar-refractivity contribution < 1.29 is 32.3 Å². The zero-order chi connectivity index (χ0) is 19.1. The van der Waals surface area contributed by atoms with Crippen molar-refractivity contribution in [3.8, 4) is 11.5 Å². The van der Waals surface area contributed by atoms with E-state index in [2.05, 4.69) is 4.98 Å². The summed E-state index contributed by atoms with van der Waals surface area (Å²) in [5.74, 6) is -2.80. The molecule has 1 unspecified atom stereocenters. The molecule has 2 heterocycles. The number of rotatable bonds is 3. The highest BCUT2D eigenvalue weighted by atomic mass is 19.4. The van der Waals surface area contributed by atoms with Gasteiger partial charge in [0.15, 0.2) is 5.41 Å². The Morgan fingerprint density at radius 1 is 1.27 bits per heavy atom. The third-order valence-electron chi connectivity index (χ3n) is 4.52. The number of nitrogens with zero attached hydrogens (tertiary/aromatic N) is 2. The lowest BCUT2D eigenvalue weighted by Crippen LogP contribution is -2.47. The quantitative estimate of drug-likeness (QED) is 0.900. The van der Waals surface area contributed by atoms with E-state index in [9.17, 15) is 22.8 Å². The molecule has 6 nitrogen and oxygen atoms in total. The second kappa shape index (κ2) is 6.15. The number of oxazole rings is 1. The fraction of sp³-hybridized carbons (Fsp3) is 0.353. The molecule has 3 rings (SSSR count). The fourth-order valence-electron chi connectivity index (χ4n) is 2.95. The average molecular weight is 368 g/mol. The first-order chi connectivity index (χ1) is 12.2. The van der Waals surface area contributed by atoms with E-state index in [-0.39, 0.29) is 23.9 Å². The first-order valence-electron chi connectivity index (χ1n) is 7.78. The van der Waals surface area contributed by atoms with Crippen molar-refractivity contribution >= 4 is 11.9 Å². The number of hydrogen-bond donors (Lipinski definition) is 1. The van der Waals surface area contributed by atoms with E-state index in [0.29, 0.717) is 5.56 Å². The Kier molecular flexibility index (Phi) is 4.25. The number of carboxylic acid groups (broad SMARTS) is 1. The molecule has 0 saturated carbocycles. The van der Waals surface area contributed by atoms with E-state index in [0.717, 1.165) is 4.90 Å². The zero-order valence-corrected chi connectivity index (χ0v) is 13.7. The minimum atomic E-state index is -4.96. The van der Waals surface area contributed by atoms with Gasteiger partial charge in [0.05, 0.1) is 5.69 Å². The largest absolute Gasteiger partial charge is 0.481 e. The smallest absolute Gasteiger partial charge is 0.406 e. The van der Waals surface area contributed by atoms with Crippen LogP contribution in [0.3, 0.4) is 0 Å². The summed E-state index contributed by atoms with van der Waals surface area (Å²) in [5, 5.41) is 9.08. The Morgan fingerprint density at radius 3 is 2.46 bits per heavy atom. The van der Waals surface area contributed by atoms with Gasteiger partial charge in [-0.15, -0.1) is 0 Å². The monoisotopic (exact) mass is 368 g/mol. The molecule has 1 N–H and O–H groups in total. The van der Waals surface area contributed by atoms with Crippen LogP contribution in [0.2, 0.25) is 0 Å². The summed E-state index contributed by atoms with van der Waals surface area (Å²) in [6.45, 7) is 0.227. The van der Waals surface area contributed by atoms with Crippen LogP contribution in [-0.2, 0) is 4.79 Å². The van der Waals surface area contributed by atoms with Crippen molar-refractivity contribution in [2.24, 2.45) is 5.41 Å². The Hall–Kier alpha value is -2.84. The summed E-state index contributed by atoms with van der Waals surface area (Å²) >= 11 is 0. The van der Waals surface area contributed by atoms with Gasteiger partial charge in [-0.05, 0) is 25.5 Å². The molecular weight excluding hydrogens is 353 g/mol. The lowest BCUT2D eigenvalue weighted by Gasteiger charge is -2.27. The number of likely N-dealkylation sites (tertiary alicyclic amines) is 1. The first kappa shape index (κ1) is 18.0. The summed E-state index contributed by atoms with van der Waals surface area (Å²) in [6.07, 6.45) is -5.66. The number of aromatic nitrogens is 1. The van der Waals surface area contributed by atoms with Crippen molar-refractivity contribution in [1.82, 2.24) is 9.88 Å². The summed E-state index contributed by atoms with van der Waals surface area (Å²) in [7, 11) is 0. The molecule has 9 heteroatoms. The van der Waals surface area contributed by atoms with Crippen LogP contribution in [0.15, 0.2) is 34.7 Å². The number of alkyl halides is 3. The van der Waals surface area contributed by atoms with Crippen LogP contribution >= 0.6 is 0 Å². The maximum absolute atomic E-state index is 13.3. The highest BCUT2D eigenvalue weighted by Gasteiger charge is 2.64. The van der Waals surface area contributed by atoms with Gasteiger partial charge in [-0.2, -0.15) is 13.2 Å². The molecule has 138 valence electrons. The molecule has 0 aliphatic carbocycles. The number of carbonyl (C=O) groups is 2. The Morgan fingerprint density at radius 2 is 1.92 bits per heavy atom. The van der Waals surface area contributed by atoms with Crippen LogP contribution in [0.1, 0.15) is 22.7 Å². The standard InChI is InChI=1S/C17H15F3N2O4/c1-10-12(26-13(21-10)11-5-3-2-4-6-11)14(23)22-8-7-16(9-22,15(24)25)17(18,19)20/h2-6H,7-9H2,1H3,(H,24,25). The predicted molar refractivity (Wildman–Crippen MR) is 83.3 cm³/mol. The molecule has 0 radical (unpaired) electrons. The summed E-state index contributed by atoms with van der Waals surface area (Å²) in [6, 6.07) is 8.73. The number of carbonyl (C=O) groups excluding carboxylic acids is 1. The van der Waals surface area contributed by atoms with Gasteiger partial charge in [-0.1, -0.05) is 18.2 Å². The van der Waals surface area contributed by atoms with Crippen molar-refractivity contribution in [3.05, 3.63) is 41.8 Å². The maximum atomic E-state index is 13.3. The summed E-state index contributed by atoms with van der Waals surface area (Å²) in [5.41, 5.74) is -2.11. The second-order valence-corrected chi connectivity index (χ2v) is 6.16. The zero-order valence-electron chi connectivity index (χ0n) is 13.7. The molecule has 1 aromatic heterocycles. The van der Waals surface area contributed by atoms with Gasteiger partial charge in [0, 0.05) is 18.7 Å². The number of benzene rings is 1. The van der Waals surface area contributed by atoms with E-state index in [1.165, 1.54) is 6.92 Å². The molecule has 0 bridgehead atoms. The van der Waals surface area contributed by atoms with Crippen LogP contribution in [0.25, 0.3) is 11.5 Å². The number of halogens is 3. The molecular formula is C17H15F3N2O4. The van der Waals surface area contributed by atoms with Gasteiger partial charge < -0.3 is 14.4 Å². The lowest BCUT2D eigenvalue weighted by molar-refractivity contribution is -0.227. The Balaban J connectivity index is 1.87. The molecule has 26 heavy (non-hydrogen) atoms. The maximum Gasteiger partial charge on any atom is 0.406 e. The molecule has 1 aliphatic rings. The van der Waals surface area contributed by atoms with Crippen molar-refractivity contribution in [2.45, 2.75) is 19.5 Å². The minimum absolute atomic E-state index is 0.172. The molecule has 1 aliphatic heterocycles. The number of amides is 1. The number of hydrogen-bond acceptors (Lipinski definition) is 4. The SMILES string of the molecule is Cc1nc(-c2ccccc2)oc1C(=O)N1CCC(C(=O)O)(C(F)(F)F)C1. The Labute approximate surface area is 146 Å². The Bertz CT molecular complexity index is 847. The first-order valence-corrected chi connectivity index (χ1v) is 7.78. The molecule has 1 atom stereocenters. The highest BCUT2D eigenvalue weighted by Crippen LogP contribution is 2.46. The van der Waals surface area contributed by atoms with Crippen molar-refractivity contribution in [1.29, 1.82) is 0 Å². The van der Waals surface area contributed by atoms with Gasteiger partial charge in [0.2, 0.25) is 11.7 Å². The number of aliphatic carboxylic acids is 1. The number of aryl methyl sites for hydroxylation is 1. The highest BCUT2D eigenvalue weighted by molar-refractivity contribution is 5.94. The van der Waals surface area contributed by atoms with Gasteiger partial charge in [0.1, 0.15) is 0 Å². The molecule has 1 amide bonds. The molecule has 2 aromatic rings. The third-order valence-corrected chi connectivity index (χ3v) is 4.52. The van der Waals surface area contributed by atoms with Crippen LogP contribution in [0.5, 0.6) is 0 Å². The van der Waals surface area contributed by atoms with Gasteiger partial charge in [-0.25, -0.2) is 4.98 Å². The normalized spacial score (nSPS) is 20.4. The summed E-state index contributed by atoms with van der Waals surface area (Å²) < 4.78 is 45.2. The lowest BCUT2D eigenvalue weighted by atomic mass is 9.86. The number of carboxylic acids is 1. The van der Waals surface area contributed by atoms with Crippen LogP contribution in [-0.4, -0.2) is 46.1 Å². The van der Waals surface area contributed by atoms with Gasteiger partial charge in [0.25, 0.3) is 5.91 Å². The van der Waals surface area contributed by atoms with E-state index in [1.807, 2.05) is 0 Å². The van der Waals surface area contributed by atoms with Crippen molar-refractivity contribution in [2.75, 3.05) is 13.1 Å². The minimum Gasteiger partial charge on any atom is -0.481 e. The third kappa shape index (κ3) is 2.83. The van der Waals surface area contributed by atoms with Crippen LogP contribution in [0, 0.1) is 12.3 Å². The van der Waals surface area contributed by atoms with E-state index in [4.69, 9.17) is 9.52 Å². The van der Waals surface area contributed by atoms with Crippen LogP contribution in [0.4, 0.5) is 13.2 Å². The fourth-order valence-corrected chi connectivity index (χ4v) is 2.95. The van der Waals surface area contributed by atoms with Gasteiger partial charge in [-0.3, -0.25) is 9.59 Å². The van der Waals surface area contributed by atoms with E-state index in [1.54, 1.807) is 30.3 Å². The topological polar surface area (TPSA) is 83.6 Å². The molecule has 1 saturated heterocycles. The van der Waals surface area contributed by atoms with Crippen LogP contribution < -0.4 is 0 Å². The van der Waals surface area contributed by atoms with E-state index >= 15 is 0 Å². The second-order valence-electron chi connectivity index (χ2n) is 6.16. The van der Waals surface area contributed by atoms with E-state index < -0.39 is 36.4 Å². The summed E-state index contributed by atoms with van der Waals surface area (Å²) in [4.78, 5) is 28.8. The predicted octanol–water partition coefficient (Wildman–Crippen LogP) is 3.13. The average Bonchev–Trinajstić information content (AvgIpc) is 3.19. The van der Waals surface area contributed by atoms with Crippen molar-refractivity contribution in [3.63, 3.8) is 0 Å². The molecule has 1 aromatic carbocycles. The molecule has 0 spiro atoms.